The SMILES string of the molecule is CC/C=C\C/C=C\C/C=C\CCCCCC(=O)OC(COC(=O)CCCCCCC/C=C\C/C=C\CCC)COC(=O)CCCCCCCCCCCCCCCCCCCCCCCCCCCCCCCCCC. The molecule has 76 heavy (non-hydrogen) atoms. The fraction of sp³-hybridized carbons (Fsp3) is 0.814. The van der Waals surface area contributed by atoms with Crippen LogP contribution >= 0.6 is 0 Å². The summed E-state index contributed by atoms with van der Waals surface area (Å²) in [5, 5.41) is 0. The normalized spacial score (nSPS) is 12.4. The number of carbonyl (C=O) groups excluding carboxylic acids is 3. The van der Waals surface area contributed by atoms with Crippen LogP contribution in [0.5, 0.6) is 0 Å². The number of ether oxygens (including phenoxy) is 3. The van der Waals surface area contributed by atoms with E-state index in [0.717, 1.165) is 116 Å². The molecule has 1 unspecified atom stereocenters. The van der Waals surface area contributed by atoms with Crippen molar-refractivity contribution in [3.8, 4) is 0 Å². The summed E-state index contributed by atoms with van der Waals surface area (Å²) in [7, 11) is 0. The quantitative estimate of drug-likeness (QED) is 0.0261. The van der Waals surface area contributed by atoms with Crippen LogP contribution in [0.15, 0.2) is 60.8 Å². The van der Waals surface area contributed by atoms with Gasteiger partial charge in [-0.15, -0.1) is 0 Å². The maximum Gasteiger partial charge on any atom is 0.306 e. The van der Waals surface area contributed by atoms with Crippen molar-refractivity contribution in [2.45, 2.75) is 354 Å². The molecule has 0 rings (SSSR count). The second-order valence-corrected chi connectivity index (χ2v) is 22.4. The standard InChI is InChI=1S/C70H126O6/c1-4-7-10-13-16-19-22-25-26-27-28-29-30-31-32-33-34-35-36-37-38-39-40-41-42-43-46-48-51-54-57-60-63-69(72)75-66-67(76-70(73)64-61-58-55-52-49-45-24-21-18-15-12-9-6-3)65-74-68(71)62-59-56-53-50-47-44-23-20-17-14-11-8-5-2/h9,11-12,14,18,20-21,23,45,49,67H,4-8,10,13,15-17,19,22,24-44,46-48,50-66H2,1-3H3/b12-9-,14-11-,21-18-,23-20-,49-45-. The monoisotopic (exact) mass is 1060 g/mol. The molecule has 0 aromatic heterocycles. The first-order valence-electron chi connectivity index (χ1n) is 33.3. The summed E-state index contributed by atoms with van der Waals surface area (Å²) >= 11 is 0. The Morgan fingerprint density at radius 2 is 0.539 bits per heavy atom. The van der Waals surface area contributed by atoms with Crippen LogP contribution in [0.1, 0.15) is 348 Å². The Hall–Kier alpha value is -2.89. The van der Waals surface area contributed by atoms with Crippen molar-refractivity contribution in [2.24, 2.45) is 0 Å². The van der Waals surface area contributed by atoms with Crippen LogP contribution < -0.4 is 0 Å². The lowest BCUT2D eigenvalue weighted by Gasteiger charge is -2.18. The zero-order valence-electron chi connectivity index (χ0n) is 50.8. The molecular weight excluding hydrogens is 937 g/mol. The molecule has 0 aliphatic heterocycles. The van der Waals surface area contributed by atoms with E-state index in [2.05, 4.69) is 81.5 Å². The minimum absolute atomic E-state index is 0.0882. The lowest BCUT2D eigenvalue weighted by atomic mass is 10.0. The molecule has 0 N–H and O–H groups in total. The average molecular weight is 1060 g/mol. The first-order valence-corrected chi connectivity index (χ1v) is 33.3. The fourth-order valence-electron chi connectivity index (χ4n) is 9.79. The van der Waals surface area contributed by atoms with Crippen molar-refractivity contribution in [1.82, 2.24) is 0 Å². The number of rotatable bonds is 61. The number of hydrogen-bond acceptors (Lipinski definition) is 6. The average Bonchev–Trinajstić information content (AvgIpc) is 3.42. The minimum Gasteiger partial charge on any atom is -0.462 e. The molecular formula is C70H126O6. The van der Waals surface area contributed by atoms with Gasteiger partial charge >= 0.3 is 17.9 Å². The molecule has 0 fully saturated rings. The maximum atomic E-state index is 12.8. The highest BCUT2D eigenvalue weighted by atomic mass is 16.6. The summed E-state index contributed by atoms with van der Waals surface area (Å²) in [6.45, 7) is 6.47. The third-order valence-electron chi connectivity index (χ3n) is 14.7. The number of allylic oxidation sites excluding steroid dienone is 10. The molecule has 6 nitrogen and oxygen atoms in total. The van der Waals surface area contributed by atoms with Crippen LogP contribution in [0, 0.1) is 0 Å². The van der Waals surface area contributed by atoms with E-state index in [4.69, 9.17) is 14.2 Å². The lowest BCUT2D eigenvalue weighted by molar-refractivity contribution is -0.167. The third kappa shape index (κ3) is 62.0. The van der Waals surface area contributed by atoms with E-state index in [1.54, 1.807) is 0 Å². The van der Waals surface area contributed by atoms with Gasteiger partial charge in [-0.2, -0.15) is 0 Å². The van der Waals surface area contributed by atoms with Gasteiger partial charge in [0.05, 0.1) is 0 Å². The number of esters is 3. The van der Waals surface area contributed by atoms with E-state index in [0.29, 0.717) is 19.3 Å². The Kier molecular flexibility index (Phi) is 62.2. The van der Waals surface area contributed by atoms with Crippen molar-refractivity contribution >= 4 is 17.9 Å². The molecule has 0 aliphatic rings. The second-order valence-electron chi connectivity index (χ2n) is 22.4. The van der Waals surface area contributed by atoms with Crippen molar-refractivity contribution in [2.75, 3.05) is 13.2 Å². The topological polar surface area (TPSA) is 78.9 Å². The van der Waals surface area contributed by atoms with Crippen molar-refractivity contribution in [3.05, 3.63) is 60.8 Å². The van der Waals surface area contributed by atoms with Gasteiger partial charge in [-0.1, -0.05) is 313 Å². The predicted octanol–water partition coefficient (Wildman–Crippen LogP) is 22.7. The molecule has 0 aromatic rings. The summed E-state index contributed by atoms with van der Waals surface area (Å²) in [6.07, 6.45) is 82.7. The largest absolute Gasteiger partial charge is 0.462 e. The Morgan fingerprint density at radius 3 is 0.868 bits per heavy atom. The van der Waals surface area contributed by atoms with Gasteiger partial charge in [-0.05, 0) is 77.0 Å². The summed E-state index contributed by atoms with van der Waals surface area (Å²) in [5.41, 5.74) is 0. The molecule has 0 radical (unpaired) electrons. The van der Waals surface area contributed by atoms with Crippen LogP contribution in [0.3, 0.4) is 0 Å². The summed E-state index contributed by atoms with van der Waals surface area (Å²) in [6, 6.07) is 0. The maximum absolute atomic E-state index is 12.8. The van der Waals surface area contributed by atoms with Crippen molar-refractivity contribution in [3.63, 3.8) is 0 Å². The molecule has 0 aromatic carbocycles. The number of hydrogen-bond donors (Lipinski definition) is 0. The summed E-state index contributed by atoms with van der Waals surface area (Å²) in [5.74, 6) is -0.919. The van der Waals surface area contributed by atoms with Gasteiger partial charge in [0.2, 0.25) is 0 Å². The van der Waals surface area contributed by atoms with E-state index < -0.39 is 6.10 Å². The molecule has 442 valence electrons. The Balaban J connectivity index is 4.08. The van der Waals surface area contributed by atoms with Gasteiger partial charge in [0.1, 0.15) is 13.2 Å². The second kappa shape index (κ2) is 64.6. The Labute approximate surface area is 472 Å². The smallest absolute Gasteiger partial charge is 0.306 e. The zero-order chi connectivity index (χ0) is 55.0. The molecule has 0 amide bonds. The fourth-order valence-corrected chi connectivity index (χ4v) is 9.79. The van der Waals surface area contributed by atoms with Crippen LogP contribution in [0.2, 0.25) is 0 Å². The van der Waals surface area contributed by atoms with E-state index in [1.165, 1.54) is 193 Å². The molecule has 0 saturated heterocycles. The molecule has 0 bridgehead atoms. The van der Waals surface area contributed by atoms with Crippen molar-refractivity contribution < 1.29 is 28.6 Å². The van der Waals surface area contributed by atoms with Gasteiger partial charge in [0.15, 0.2) is 6.10 Å². The first kappa shape index (κ1) is 73.1. The highest BCUT2D eigenvalue weighted by molar-refractivity contribution is 5.71. The van der Waals surface area contributed by atoms with Gasteiger partial charge in [-0.25, -0.2) is 0 Å². The van der Waals surface area contributed by atoms with E-state index in [1.807, 2.05) is 0 Å². The molecule has 0 heterocycles. The van der Waals surface area contributed by atoms with Gasteiger partial charge in [0, 0.05) is 19.3 Å². The predicted molar refractivity (Wildman–Crippen MR) is 330 cm³/mol. The zero-order valence-corrected chi connectivity index (χ0v) is 50.8. The van der Waals surface area contributed by atoms with Gasteiger partial charge in [0.25, 0.3) is 0 Å². The number of unbranched alkanes of at least 4 members (excludes halogenated alkanes) is 40. The molecule has 0 spiro atoms. The van der Waals surface area contributed by atoms with Crippen LogP contribution in [-0.2, 0) is 28.6 Å². The van der Waals surface area contributed by atoms with Gasteiger partial charge in [-0.3, -0.25) is 14.4 Å². The van der Waals surface area contributed by atoms with E-state index in [-0.39, 0.29) is 31.1 Å². The molecule has 1 atom stereocenters. The van der Waals surface area contributed by atoms with Crippen LogP contribution in [0.4, 0.5) is 0 Å². The molecule has 0 saturated carbocycles. The highest BCUT2D eigenvalue weighted by Crippen LogP contribution is 2.18. The highest BCUT2D eigenvalue weighted by Gasteiger charge is 2.19. The van der Waals surface area contributed by atoms with E-state index in [9.17, 15) is 14.4 Å². The minimum atomic E-state index is -0.794. The molecule has 6 heteroatoms. The first-order chi connectivity index (χ1) is 37.5. The third-order valence-corrected chi connectivity index (χ3v) is 14.7. The Morgan fingerprint density at radius 1 is 0.276 bits per heavy atom. The lowest BCUT2D eigenvalue weighted by Crippen LogP contribution is -2.30. The summed E-state index contributed by atoms with van der Waals surface area (Å²) < 4.78 is 16.9. The Bertz CT molecular complexity index is 1360. The van der Waals surface area contributed by atoms with Crippen molar-refractivity contribution in [1.29, 1.82) is 0 Å². The summed E-state index contributed by atoms with van der Waals surface area (Å²) in [4.78, 5) is 38.2. The van der Waals surface area contributed by atoms with Crippen LogP contribution in [-0.4, -0.2) is 37.2 Å². The van der Waals surface area contributed by atoms with Crippen LogP contribution in [0.25, 0.3) is 0 Å². The molecule has 0 aliphatic carbocycles. The number of carbonyl (C=O) groups is 3. The van der Waals surface area contributed by atoms with E-state index >= 15 is 0 Å². The van der Waals surface area contributed by atoms with Gasteiger partial charge < -0.3 is 14.2 Å².